The van der Waals surface area contributed by atoms with E-state index in [-0.39, 0.29) is 11.0 Å². The summed E-state index contributed by atoms with van der Waals surface area (Å²) in [5.41, 5.74) is 0. The number of nitrogens with one attached hydrogen (secondary N) is 2. The lowest BCUT2D eigenvalue weighted by Crippen LogP contribution is -2.49. The maximum Gasteiger partial charge on any atom is 0.538 e. The quantitative estimate of drug-likeness (QED) is 0.443. The molecule has 0 fully saturated rings. The molecule has 0 spiro atoms. The largest absolute Gasteiger partial charge is 0.538 e. The second-order valence-electron chi connectivity index (χ2n) is 4.63. The molecule has 0 saturated heterocycles. The number of anilines is 1. The van der Waals surface area contributed by atoms with Crippen molar-refractivity contribution in [3.05, 3.63) is 21.4 Å². The van der Waals surface area contributed by atoms with Gasteiger partial charge in [-0.25, -0.2) is 4.98 Å². The summed E-state index contributed by atoms with van der Waals surface area (Å²) in [6, 6.07) is 0. The number of hydrogen-bond acceptors (Lipinski definition) is 8. The molecule has 1 atom stereocenters. The summed E-state index contributed by atoms with van der Waals surface area (Å²) >= 11 is 1.15. The maximum absolute atomic E-state index is 11.8. The van der Waals surface area contributed by atoms with Gasteiger partial charge in [0.2, 0.25) is 0 Å². The van der Waals surface area contributed by atoms with E-state index in [4.69, 9.17) is 0 Å². The van der Waals surface area contributed by atoms with Gasteiger partial charge in [-0.15, -0.1) is 21.5 Å². The van der Waals surface area contributed by atoms with Crippen LogP contribution in [0.25, 0.3) is 0 Å². The molecule has 0 aliphatic rings. The zero-order chi connectivity index (χ0) is 15.8. The summed E-state index contributed by atoms with van der Waals surface area (Å²) < 4.78 is 0. The molecule has 11 heteroatoms. The molecule has 112 valence electrons. The lowest BCUT2D eigenvalue weighted by molar-refractivity contribution is -0.136. The van der Waals surface area contributed by atoms with Crippen molar-refractivity contribution in [3.63, 3.8) is 0 Å². The van der Waals surface area contributed by atoms with E-state index >= 15 is 0 Å². The lowest BCUT2D eigenvalue weighted by atomic mass is 9.67. The second-order valence-corrected chi connectivity index (χ2v) is 5.52. The summed E-state index contributed by atoms with van der Waals surface area (Å²) in [5.74, 6) is -2.76. The van der Waals surface area contributed by atoms with Crippen molar-refractivity contribution in [2.75, 3.05) is 5.32 Å². The molecule has 0 aliphatic heterocycles. The van der Waals surface area contributed by atoms with E-state index in [0.29, 0.717) is 6.42 Å². The summed E-state index contributed by atoms with van der Waals surface area (Å²) in [5, 5.41) is 11.6. The zero-order valence-electron chi connectivity index (χ0n) is 11.5. The van der Waals surface area contributed by atoms with E-state index in [1.54, 1.807) is 5.38 Å². The van der Waals surface area contributed by atoms with Crippen LogP contribution < -0.4 is 10.6 Å². The minimum Gasteiger partial charge on any atom is -0.348 e. The molecule has 0 aliphatic carbocycles. The predicted molar refractivity (Wildman–Crippen MR) is 79.5 cm³/mol. The highest BCUT2D eigenvalue weighted by Gasteiger charge is 2.34. The first-order valence-corrected chi connectivity index (χ1v) is 7.02. The van der Waals surface area contributed by atoms with Gasteiger partial charge in [0.05, 0.1) is 5.94 Å². The fourth-order valence-electron chi connectivity index (χ4n) is 1.60. The molecule has 1 heterocycles. The van der Waals surface area contributed by atoms with Gasteiger partial charge in [0.25, 0.3) is 0 Å². The fourth-order valence-corrected chi connectivity index (χ4v) is 2.13. The average Bonchev–Trinajstić information content (AvgIpc) is 2.92. The molecule has 2 N–H and O–H groups in total. The van der Waals surface area contributed by atoms with Gasteiger partial charge in [-0.1, -0.05) is 13.8 Å². The Balaban J connectivity index is 2.68. The van der Waals surface area contributed by atoms with E-state index in [1.807, 2.05) is 13.8 Å². The van der Waals surface area contributed by atoms with Crippen molar-refractivity contribution in [3.8, 4) is 0 Å². The van der Waals surface area contributed by atoms with Crippen LogP contribution in [0.2, 0.25) is 0 Å². The third kappa shape index (κ3) is 5.38. The third-order valence-electron chi connectivity index (χ3n) is 2.48. The molecule has 0 bridgehead atoms. The van der Waals surface area contributed by atoms with E-state index in [2.05, 4.69) is 25.8 Å². The average molecular weight is 311 g/mol. The zero-order valence-corrected chi connectivity index (χ0v) is 12.3. The van der Waals surface area contributed by atoms with Crippen LogP contribution in [0.3, 0.4) is 0 Å². The molecule has 1 rings (SSSR count). The molecular weight excluding hydrogens is 297 g/mol. The summed E-state index contributed by atoms with van der Waals surface area (Å²) in [4.78, 5) is 48.3. The Morgan fingerprint density at radius 2 is 2.00 bits per heavy atom. The highest BCUT2D eigenvalue weighted by molar-refractivity contribution is 7.13. The van der Waals surface area contributed by atoms with Gasteiger partial charge in [-0.05, 0) is 12.3 Å². The number of carbonyl (C=O) groups excluding carboxylic acids is 2. The second kappa shape index (κ2) is 8.20. The number of rotatable bonds is 7. The monoisotopic (exact) mass is 311 g/mol. The Hall–Kier alpha value is -2.17. The highest BCUT2D eigenvalue weighted by Crippen LogP contribution is 2.11. The van der Waals surface area contributed by atoms with Gasteiger partial charge in [0, 0.05) is 11.6 Å². The number of nitroso groups, excluding NO2 is 2. The molecule has 1 aromatic rings. The van der Waals surface area contributed by atoms with Crippen molar-refractivity contribution in [2.24, 2.45) is 16.1 Å². The third-order valence-corrected chi connectivity index (χ3v) is 3.17. The Labute approximate surface area is 125 Å². The minimum atomic E-state index is -1.47. The van der Waals surface area contributed by atoms with Crippen LogP contribution in [0, 0.1) is 15.7 Å². The standard InChI is InChI=1S/C10H14BN5O4S/c1-6(2)5-7(11(15-19)16-20)13-8(17)9(18)14-10-12-3-4-21-10/h3-4,6-7H,5H2,1-2H3,(H,13,17)(H,12,14,18). The Bertz CT molecular complexity index is 502. The first kappa shape index (κ1) is 16.9. The van der Waals surface area contributed by atoms with Gasteiger partial charge < -0.3 is 5.32 Å². The first-order chi connectivity index (χ1) is 9.97. The van der Waals surface area contributed by atoms with Crippen LogP contribution in [0.5, 0.6) is 0 Å². The molecule has 1 aromatic heterocycles. The van der Waals surface area contributed by atoms with Gasteiger partial charge >= 0.3 is 18.8 Å². The molecule has 9 nitrogen and oxygen atoms in total. The number of carbonyl (C=O) groups is 2. The number of amides is 2. The van der Waals surface area contributed by atoms with Crippen LogP contribution in [0.1, 0.15) is 20.3 Å². The van der Waals surface area contributed by atoms with Crippen molar-refractivity contribution in [2.45, 2.75) is 26.2 Å². The fraction of sp³-hybridized carbons (Fsp3) is 0.500. The van der Waals surface area contributed by atoms with Crippen molar-refractivity contribution in [1.82, 2.24) is 10.3 Å². The number of hydrogen-bond donors (Lipinski definition) is 2. The Morgan fingerprint density at radius 1 is 1.33 bits per heavy atom. The molecule has 21 heavy (non-hydrogen) atoms. The lowest BCUT2D eigenvalue weighted by Gasteiger charge is -2.18. The van der Waals surface area contributed by atoms with E-state index < -0.39 is 24.7 Å². The Morgan fingerprint density at radius 3 is 2.48 bits per heavy atom. The molecule has 0 saturated carbocycles. The topological polar surface area (TPSA) is 130 Å². The molecule has 2 amide bonds. The molecule has 1 unspecified atom stereocenters. The van der Waals surface area contributed by atoms with Crippen LogP contribution in [0.4, 0.5) is 5.13 Å². The van der Waals surface area contributed by atoms with Crippen LogP contribution >= 0.6 is 11.3 Å². The van der Waals surface area contributed by atoms with Gasteiger partial charge in [-0.2, -0.15) is 9.81 Å². The van der Waals surface area contributed by atoms with Gasteiger partial charge in [-0.3, -0.25) is 14.9 Å². The van der Waals surface area contributed by atoms with Crippen molar-refractivity contribution < 1.29 is 9.59 Å². The van der Waals surface area contributed by atoms with E-state index in [1.165, 1.54) is 6.20 Å². The van der Waals surface area contributed by atoms with E-state index in [9.17, 15) is 19.4 Å². The predicted octanol–water partition coefficient (Wildman–Crippen LogP) is 1.17. The smallest absolute Gasteiger partial charge is 0.348 e. The minimum absolute atomic E-state index is 0.0725. The molecule has 0 radical (unpaired) electrons. The highest BCUT2D eigenvalue weighted by atomic mass is 32.1. The van der Waals surface area contributed by atoms with Crippen molar-refractivity contribution in [1.29, 1.82) is 0 Å². The van der Waals surface area contributed by atoms with Crippen molar-refractivity contribution >= 4 is 35.3 Å². The summed E-state index contributed by atoms with van der Waals surface area (Å²) in [6.07, 6.45) is 1.76. The first-order valence-electron chi connectivity index (χ1n) is 6.14. The van der Waals surface area contributed by atoms with Gasteiger partial charge in [0.15, 0.2) is 5.13 Å². The number of thiazole rings is 1. The SMILES string of the molecule is CC(C)CC(NC(=O)C(=O)Nc1nccs1)B(N=O)N=O. The molecule has 0 aromatic carbocycles. The normalized spacial score (nSPS) is 11.6. The maximum atomic E-state index is 11.8. The van der Waals surface area contributed by atoms with Gasteiger partial charge in [0.1, 0.15) is 0 Å². The number of aromatic nitrogens is 1. The molecular formula is C10H14BN5O4S. The Kier molecular flexibility index (Phi) is 6.59. The van der Waals surface area contributed by atoms with Crippen LogP contribution in [-0.4, -0.2) is 29.7 Å². The summed E-state index contributed by atoms with van der Waals surface area (Å²) in [6.45, 7) is 2.20. The van der Waals surface area contributed by atoms with Crippen LogP contribution in [0.15, 0.2) is 21.8 Å². The number of nitrogens with zero attached hydrogens (tertiary/aromatic N) is 3. The summed E-state index contributed by atoms with van der Waals surface area (Å²) in [7, 11) is 0. The van der Waals surface area contributed by atoms with Crippen LogP contribution in [-0.2, 0) is 9.59 Å². The van der Waals surface area contributed by atoms with E-state index in [0.717, 1.165) is 11.3 Å².